The molecule has 0 heterocycles. The first-order valence-electron chi connectivity index (χ1n) is 7.92. The van der Waals surface area contributed by atoms with Crippen LogP contribution in [0.1, 0.15) is 18.1 Å². The maximum atomic E-state index is 12.6. The number of aromatic hydroxyl groups is 1. The van der Waals surface area contributed by atoms with Crippen LogP contribution in [0.5, 0.6) is 5.75 Å². The van der Waals surface area contributed by atoms with E-state index >= 15 is 0 Å². The van der Waals surface area contributed by atoms with Gasteiger partial charge in [0.15, 0.2) is 0 Å². The number of aryl methyl sites for hydroxylation is 1. The Morgan fingerprint density at radius 2 is 1.67 bits per heavy atom. The van der Waals surface area contributed by atoms with Crippen molar-refractivity contribution in [1.82, 2.24) is 5.32 Å². The third kappa shape index (κ3) is 5.00. The molecule has 2 aromatic carbocycles. The molecule has 0 saturated heterocycles. The molecular formula is C18H18F3NO4S. The van der Waals surface area contributed by atoms with Gasteiger partial charge in [0.05, 0.1) is 9.79 Å². The number of amides is 1. The largest absolute Gasteiger partial charge is 0.508 e. The Kier molecular flexibility index (Phi) is 5.84. The van der Waals surface area contributed by atoms with E-state index < -0.39 is 28.0 Å². The number of nitrogens with one attached hydrogen (secondary N) is 1. The topological polar surface area (TPSA) is 83.5 Å². The van der Waals surface area contributed by atoms with Gasteiger partial charge in [0.25, 0.3) is 0 Å². The van der Waals surface area contributed by atoms with Crippen LogP contribution in [0.15, 0.2) is 52.3 Å². The summed E-state index contributed by atoms with van der Waals surface area (Å²) in [5, 5.41) is 11.4. The molecule has 0 aliphatic heterocycles. The van der Waals surface area contributed by atoms with E-state index in [4.69, 9.17) is 0 Å². The van der Waals surface area contributed by atoms with Crippen molar-refractivity contribution >= 4 is 15.7 Å². The van der Waals surface area contributed by atoms with Crippen LogP contribution in [0.2, 0.25) is 0 Å². The lowest BCUT2D eigenvalue weighted by molar-refractivity contribution is -0.174. The van der Waals surface area contributed by atoms with Crippen molar-refractivity contribution in [2.45, 2.75) is 42.3 Å². The summed E-state index contributed by atoms with van der Waals surface area (Å²) in [4.78, 5) is 11.0. The molecule has 0 saturated carbocycles. The second-order valence-corrected chi connectivity index (χ2v) is 8.12. The fourth-order valence-electron chi connectivity index (χ4n) is 2.45. The maximum Gasteiger partial charge on any atom is 0.471 e. The summed E-state index contributed by atoms with van der Waals surface area (Å²) in [6.45, 7) is 3.00. The standard InChI is InChI=1S/C18H18F3NO4S/c1-11-9-15(7-8-16(11)23)27(25,26)14-5-3-13(4-6-14)10-12(2)22-17(24)18(19,20)21/h3-9,12,23H,10H2,1-2H3,(H,22,24)/t12-/m1/s1. The fourth-order valence-corrected chi connectivity index (χ4v) is 3.79. The minimum Gasteiger partial charge on any atom is -0.508 e. The van der Waals surface area contributed by atoms with Crippen LogP contribution in [0.25, 0.3) is 0 Å². The van der Waals surface area contributed by atoms with Gasteiger partial charge in [-0.05, 0) is 61.7 Å². The highest BCUT2D eigenvalue weighted by Gasteiger charge is 2.39. The number of carbonyl (C=O) groups excluding carboxylic acids is 1. The SMILES string of the molecule is Cc1cc(S(=O)(=O)c2ccc(C[C@@H](C)NC(=O)C(F)(F)F)cc2)ccc1O. The van der Waals surface area contributed by atoms with Crippen molar-refractivity contribution in [1.29, 1.82) is 0 Å². The van der Waals surface area contributed by atoms with E-state index in [9.17, 15) is 31.5 Å². The summed E-state index contributed by atoms with van der Waals surface area (Å²) in [6, 6.07) is 8.83. The summed E-state index contributed by atoms with van der Waals surface area (Å²) in [5.74, 6) is -2.03. The second kappa shape index (κ2) is 7.59. The molecule has 1 amide bonds. The van der Waals surface area contributed by atoms with Gasteiger partial charge in [0.2, 0.25) is 9.84 Å². The Balaban J connectivity index is 2.14. The van der Waals surface area contributed by atoms with Gasteiger partial charge in [-0.2, -0.15) is 13.2 Å². The zero-order chi connectivity index (χ0) is 20.4. The molecule has 0 unspecified atom stereocenters. The summed E-state index contributed by atoms with van der Waals surface area (Å²) < 4.78 is 62.0. The summed E-state index contributed by atoms with van der Waals surface area (Å²) in [6.07, 6.45) is -4.84. The molecule has 5 nitrogen and oxygen atoms in total. The minimum atomic E-state index is -4.95. The van der Waals surface area contributed by atoms with Gasteiger partial charge >= 0.3 is 12.1 Å². The van der Waals surface area contributed by atoms with E-state index in [1.165, 1.54) is 49.4 Å². The fraction of sp³-hybridized carbons (Fsp3) is 0.278. The zero-order valence-electron chi connectivity index (χ0n) is 14.5. The van der Waals surface area contributed by atoms with Crippen LogP contribution in [0.4, 0.5) is 13.2 Å². The third-order valence-electron chi connectivity index (χ3n) is 3.89. The van der Waals surface area contributed by atoms with E-state index in [1.54, 1.807) is 6.92 Å². The van der Waals surface area contributed by atoms with Crippen molar-refractivity contribution in [2.75, 3.05) is 0 Å². The first-order valence-corrected chi connectivity index (χ1v) is 9.41. The number of alkyl halides is 3. The monoisotopic (exact) mass is 401 g/mol. The molecule has 0 aliphatic rings. The maximum absolute atomic E-state index is 12.6. The molecule has 2 aromatic rings. The van der Waals surface area contributed by atoms with Crippen LogP contribution in [0.3, 0.4) is 0 Å². The predicted molar refractivity (Wildman–Crippen MR) is 92.1 cm³/mol. The van der Waals surface area contributed by atoms with Gasteiger partial charge in [-0.15, -0.1) is 0 Å². The number of phenolic OH excluding ortho intramolecular Hbond substituents is 1. The van der Waals surface area contributed by atoms with Gasteiger partial charge in [-0.1, -0.05) is 12.1 Å². The van der Waals surface area contributed by atoms with Gasteiger partial charge in [-0.25, -0.2) is 8.42 Å². The average Bonchev–Trinajstić information content (AvgIpc) is 2.56. The van der Waals surface area contributed by atoms with Crippen molar-refractivity contribution in [2.24, 2.45) is 0 Å². The molecule has 0 fully saturated rings. The number of rotatable bonds is 5. The van der Waals surface area contributed by atoms with Crippen LogP contribution < -0.4 is 5.32 Å². The number of hydrogen-bond donors (Lipinski definition) is 2. The van der Waals surface area contributed by atoms with E-state index in [0.29, 0.717) is 11.1 Å². The van der Waals surface area contributed by atoms with Crippen molar-refractivity contribution in [3.8, 4) is 5.75 Å². The summed E-state index contributed by atoms with van der Waals surface area (Å²) in [5.41, 5.74) is 0.993. The molecule has 2 rings (SSSR count). The van der Waals surface area contributed by atoms with E-state index in [0.717, 1.165) is 0 Å². The van der Waals surface area contributed by atoms with E-state index in [1.807, 2.05) is 5.32 Å². The number of halogens is 3. The molecule has 27 heavy (non-hydrogen) atoms. The van der Waals surface area contributed by atoms with Crippen LogP contribution in [0, 0.1) is 6.92 Å². The quantitative estimate of drug-likeness (QED) is 0.806. The van der Waals surface area contributed by atoms with Crippen LogP contribution >= 0.6 is 0 Å². The van der Waals surface area contributed by atoms with Gasteiger partial charge in [-0.3, -0.25) is 4.79 Å². The highest BCUT2D eigenvalue weighted by Crippen LogP contribution is 2.26. The normalized spacial score (nSPS) is 13.2. The molecule has 0 aromatic heterocycles. The van der Waals surface area contributed by atoms with Gasteiger partial charge in [0.1, 0.15) is 5.75 Å². The van der Waals surface area contributed by atoms with Crippen LogP contribution in [-0.2, 0) is 21.1 Å². The molecule has 2 N–H and O–H groups in total. The molecule has 0 spiro atoms. The lowest BCUT2D eigenvalue weighted by Gasteiger charge is -2.15. The number of carbonyl (C=O) groups is 1. The van der Waals surface area contributed by atoms with E-state index in [-0.39, 0.29) is 22.0 Å². The number of benzene rings is 2. The second-order valence-electron chi connectivity index (χ2n) is 6.17. The van der Waals surface area contributed by atoms with Gasteiger partial charge in [0, 0.05) is 6.04 Å². The Labute approximate surface area is 154 Å². The predicted octanol–water partition coefficient (Wildman–Crippen LogP) is 3.14. The molecule has 0 radical (unpaired) electrons. The van der Waals surface area contributed by atoms with E-state index in [2.05, 4.69) is 0 Å². The highest BCUT2D eigenvalue weighted by molar-refractivity contribution is 7.91. The Morgan fingerprint density at radius 3 is 2.19 bits per heavy atom. The average molecular weight is 401 g/mol. The number of sulfone groups is 1. The third-order valence-corrected chi connectivity index (χ3v) is 5.66. The highest BCUT2D eigenvalue weighted by atomic mass is 32.2. The molecule has 0 bridgehead atoms. The smallest absolute Gasteiger partial charge is 0.471 e. The first-order chi connectivity index (χ1) is 12.4. The molecule has 0 aliphatic carbocycles. The first kappa shape index (κ1) is 20.8. The van der Waals surface area contributed by atoms with Gasteiger partial charge < -0.3 is 10.4 Å². The molecule has 9 heteroatoms. The molecule has 146 valence electrons. The zero-order valence-corrected chi connectivity index (χ0v) is 15.4. The lowest BCUT2D eigenvalue weighted by atomic mass is 10.1. The Morgan fingerprint density at radius 1 is 1.11 bits per heavy atom. The van der Waals surface area contributed by atoms with Crippen molar-refractivity contribution < 1.29 is 31.5 Å². The summed E-state index contributed by atoms with van der Waals surface area (Å²) in [7, 11) is -3.79. The van der Waals surface area contributed by atoms with Crippen molar-refractivity contribution in [3.63, 3.8) is 0 Å². The molecule has 1 atom stereocenters. The van der Waals surface area contributed by atoms with Crippen molar-refractivity contribution in [3.05, 3.63) is 53.6 Å². The number of phenols is 1. The molecular weight excluding hydrogens is 383 g/mol. The lowest BCUT2D eigenvalue weighted by Crippen LogP contribution is -2.42. The van der Waals surface area contributed by atoms with Crippen LogP contribution in [-0.4, -0.2) is 31.6 Å². The Hall–Kier alpha value is -2.55. The summed E-state index contributed by atoms with van der Waals surface area (Å²) >= 11 is 0. The number of hydrogen-bond acceptors (Lipinski definition) is 4. The Bertz CT molecular complexity index is 938. The minimum absolute atomic E-state index is 0.0146.